The molecule has 0 atom stereocenters. The molecule has 6 heteroatoms. The molecular formula is C18H23NaO4S. The van der Waals surface area contributed by atoms with E-state index in [9.17, 15) is 13.0 Å². The Bertz CT molecular complexity index is 772. The molecule has 0 bridgehead atoms. The van der Waals surface area contributed by atoms with E-state index in [-0.39, 0.29) is 35.3 Å². The zero-order chi connectivity index (χ0) is 16.9. The average molecular weight is 358 g/mol. The molecule has 0 aliphatic carbocycles. The normalized spacial score (nSPS) is 11.3. The number of aryl methyl sites for hydroxylation is 1. The summed E-state index contributed by atoms with van der Waals surface area (Å²) in [7, 11) is -4.80. The third kappa shape index (κ3) is 5.74. The Kier molecular flexibility index (Phi) is 8.74. The number of hydrogen-bond donors (Lipinski definition) is 0. The maximum Gasteiger partial charge on any atom is 1.00 e. The van der Waals surface area contributed by atoms with Gasteiger partial charge in [-0.05, 0) is 42.2 Å². The van der Waals surface area contributed by atoms with Crippen molar-refractivity contribution in [3.05, 3.63) is 41.5 Å². The minimum atomic E-state index is -4.80. The summed E-state index contributed by atoms with van der Waals surface area (Å²) >= 11 is 0. The third-order valence-corrected chi connectivity index (χ3v) is 4.33. The number of unbranched alkanes of at least 4 members (excludes halogenated alkanes) is 2. The van der Waals surface area contributed by atoms with Crippen molar-refractivity contribution in [2.24, 2.45) is 0 Å². The molecule has 0 aliphatic rings. The molecule has 0 fully saturated rings. The number of fused-ring (bicyclic) bond motifs is 1. The summed E-state index contributed by atoms with van der Waals surface area (Å²) in [5.41, 5.74) is 1.94. The van der Waals surface area contributed by atoms with Crippen molar-refractivity contribution in [1.29, 1.82) is 0 Å². The maximum atomic E-state index is 11.2. The van der Waals surface area contributed by atoms with E-state index in [1.165, 1.54) is 0 Å². The molecule has 0 aliphatic heterocycles. The molecule has 0 saturated heterocycles. The molecule has 0 radical (unpaired) electrons. The van der Waals surface area contributed by atoms with Gasteiger partial charge in [0.15, 0.2) is 5.75 Å². The van der Waals surface area contributed by atoms with Gasteiger partial charge < -0.3 is 8.74 Å². The van der Waals surface area contributed by atoms with Gasteiger partial charge in [0.05, 0.1) is 0 Å². The van der Waals surface area contributed by atoms with Crippen LogP contribution in [0.15, 0.2) is 30.3 Å². The zero-order valence-electron chi connectivity index (χ0n) is 14.7. The molecule has 2 aromatic rings. The zero-order valence-corrected chi connectivity index (χ0v) is 17.5. The summed E-state index contributed by atoms with van der Waals surface area (Å²) in [6.45, 7) is 4.20. The van der Waals surface area contributed by atoms with E-state index in [1.807, 2.05) is 18.2 Å². The van der Waals surface area contributed by atoms with Crippen LogP contribution >= 0.6 is 0 Å². The molecule has 0 aromatic heterocycles. The molecule has 126 valence electrons. The molecule has 24 heavy (non-hydrogen) atoms. The van der Waals surface area contributed by atoms with E-state index in [2.05, 4.69) is 19.9 Å². The van der Waals surface area contributed by atoms with E-state index < -0.39 is 10.4 Å². The minimum Gasteiger partial charge on any atom is -0.716 e. The third-order valence-electron chi connectivity index (χ3n) is 3.96. The minimum absolute atomic E-state index is 0. The van der Waals surface area contributed by atoms with E-state index >= 15 is 0 Å². The van der Waals surface area contributed by atoms with Crippen LogP contribution in [0.3, 0.4) is 0 Å². The molecule has 2 rings (SSSR count). The first-order valence-corrected chi connectivity index (χ1v) is 9.48. The van der Waals surface area contributed by atoms with Crippen LogP contribution in [0.2, 0.25) is 0 Å². The van der Waals surface area contributed by atoms with Gasteiger partial charge in [-0.2, -0.15) is 0 Å². The van der Waals surface area contributed by atoms with Gasteiger partial charge >= 0.3 is 29.6 Å². The molecule has 2 aromatic carbocycles. The second-order valence-electron chi connectivity index (χ2n) is 5.76. The van der Waals surface area contributed by atoms with Crippen LogP contribution in [0.25, 0.3) is 10.8 Å². The van der Waals surface area contributed by atoms with Crippen LogP contribution in [-0.2, 0) is 23.2 Å². The van der Waals surface area contributed by atoms with Crippen LogP contribution < -0.4 is 33.7 Å². The Labute approximate surface area is 166 Å². The fraction of sp³-hybridized carbons (Fsp3) is 0.444. The van der Waals surface area contributed by atoms with Crippen molar-refractivity contribution in [2.45, 2.75) is 52.4 Å². The van der Waals surface area contributed by atoms with Crippen molar-refractivity contribution in [1.82, 2.24) is 0 Å². The quantitative estimate of drug-likeness (QED) is 0.406. The van der Waals surface area contributed by atoms with E-state index in [0.29, 0.717) is 11.8 Å². The summed E-state index contributed by atoms with van der Waals surface area (Å²) in [5, 5.41) is 1.58. The Hall–Kier alpha value is -0.590. The van der Waals surface area contributed by atoms with E-state index in [0.717, 1.165) is 48.6 Å². The molecule has 0 N–H and O–H groups in total. The summed E-state index contributed by atoms with van der Waals surface area (Å²) in [5.74, 6) is 0.220. The van der Waals surface area contributed by atoms with Crippen molar-refractivity contribution < 1.29 is 46.7 Å². The summed E-state index contributed by atoms with van der Waals surface area (Å²) < 4.78 is 38.5. The van der Waals surface area contributed by atoms with Gasteiger partial charge in [0.1, 0.15) is 0 Å². The second kappa shape index (κ2) is 9.78. The van der Waals surface area contributed by atoms with Gasteiger partial charge in [-0.25, -0.2) is 8.42 Å². The number of rotatable bonds is 8. The van der Waals surface area contributed by atoms with Gasteiger partial charge in [-0.3, -0.25) is 0 Å². The first-order valence-electron chi connectivity index (χ1n) is 8.15. The van der Waals surface area contributed by atoms with Crippen LogP contribution in [0.4, 0.5) is 0 Å². The number of benzene rings is 2. The Morgan fingerprint density at radius 2 is 1.67 bits per heavy atom. The molecule has 0 saturated carbocycles. The van der Waals surface area contributed by atoms with Crippen LogP contribution in [0.1, 0.15) is 50.7 Å². The standard InChI is InChI=1S/C18H24O4S.Na/c1-3-5-9-14-13-15-10-7-8-12-17(15)18(22-23(19,20)21)16(14)11-6-4-2;/h7-8,10,12-13H,3-6,9,11H2,1-2H3,(H,19,20,21);/q;+1/p-1. The maximum absolute atomic E-state index is 11.2. The van der Waals surface area contributed by atoms with Crippen LogP contribution in [0.5, 0.6) is 5.75 Å². The Balaban J connectivity index is 0.00000288. The van der Waals surface area contributed by atoms with Gasteiger partial charge in [0, 0.05) is 5.39 Å². The Morgan fingerprint density at radius 3 is 2.29 bits per heavy atom. The van der Waals surface area contributed by atoms with Crippen LogP contribution in [0, 0.1) is 0 Å². The second-order valence-corrected chi connectivity index (χ2v) is 6.75. The van der Waals surface area contributed by atoms with Gasteiger partial charge in [0.2, 0.25) is 0 Å². The smallest absolute Gasteiger partial charge is 0.716 e. The van der Waals surface area contributed by atoms with Gasteiger partial charge in [-0.15, -0.1) is 0 Å². The van der Waals surface area contributed by atoms with Crippen LogP contribution in [-0.4, -0.2) is 13.0 Å². The molecule has 0 amide bonds. The monoisotopic (exact) mass is 358 g/mol. The van der Waals surface area contributed by atoms with Crippen molar-refractivity contribution >= 4 is 21.2 Å². The van der Waals surface area contributed by atoms with Gasteiger partial charge in [0.25, 0.3) is 10.4 Å². The summed E-state index contributed by atoms with van der Waals surface area (Å²) in [6, 6.07) is 9.53. The fourth-order valence-electron chi connectivity index (χ4n) is 2.83. The van der Waals surface area contributed by atoms with E-state index in [4.69, 9.17) is 4.18 Å². The first kappa shape index (κ1) is 21.5. The predicted molar refractivity (Wildman–Crippen MR) is 91.5 cm³/mol. The summed E-state index contributed by atoms with van der Waals surface area (Å²) in [4.78, 5) is 0. The largest absolute Gasteiger partial charge is 1.00 e. The molecule has 0 unspecified atom stereocenters. The Morgan fingerprint density at radius 1 is 1.04 bits per heavy atom. The SMILES string of the molecule is CCCCc1cc2ccccc2c(OS(=O)(=O)[O-])c1CCCC.[Na+]. The first-order chi connectivity index (χ1) is 11.0. The van der Waals surface area contributed by atoms with E-state index in [1.54, 1.807) is 6.07 Å². The topological polar surface area (TPSA) is 66.4 Å². The number of hydrogen-bond acceptors (Lipinski definition) is 4. The van der Waals surface area contributed by atoms with Crippen molar-refractivity contribution in [3.63, 3.8) is 0 Å². The van der Waals surface area contributed by atoms with Crippen molar-refractivity contribution in [3.8, 4) is 5.75 Å². The average Bonchev–Trinajstić information content (AvgIpc) is 2.50. The predicted octanol–water partition coefficient (Wildman–Crippen LogP) is 1.37. The van der Waals surface area contributed by atoms with Crippen molar-refractivity contribution in [2.75, 3.05) is 0 Å². The molecule has 4 nitrogen and oxygen atoms in total. The fourth-order valence-corrected chi connectivity index (χ4v) is 3.22. The van der Waals surface area contributed by atoms with Gasteiger partial charge in [-0.1, -0.05) is 57.0 Å². The molecule has 0 heterocycles. The summed E-state index contributed by atoms with van der Waals surface area (Å²) in [6.07, 6.45) is 5.55. The molecular weight excluding hydrogens is 335 g/mol. The molecule has 0 spiro atoms.